The zero-order valence-corrected chi connectivity index (χ0v) is 14.6. The van der Waals surface area contributed by atoms with Gasteiger partial charge in [-0.1, -0.05) is 13.8 Å². The van der Waals surface area contributed by atoms with Gasteiger partial charge in [0.1, 0.15) is 0 Å². The van der Waals surface area contributed by atoms with Crippen LogP contribution in [-0.4, -0.2) is 25.3 Å². The Morgan fingerprint density at radius 1 is 1.32 bits per heavy atom. The molecule has 7 heteroatoms. The average Bonchev–Trinajstić information content (AvgIpc) is 3.01. The number of fused-ring (bicyclic) bond motifs is 2. The third-order valence-corrected chi connectivity index (χ3v) is 5.32. The fraction of sp³-hybridized carbons (Fsp3) is 0.333. The summed E-state index contributed by atoms with van der Waals surface area (Å²) in [6, 6.07) is 3.69. The van der Waals surface area contributed by atoms with Gasteiger partial charge in [0.05, 0.1) is 46.0 Å². The number of pyridine rings is 1. The van der Waals surface area contributed by atoms with Gasteiger partial charge in [0.2, 0.25) is 5.95 Å². The minimum atomic E-state index is -0.408. The van der Waals surface area contributed by atoms with E-state index in [9.17, 15) is 4.39 Å². The minimum absolute atomic E-state index is 0. The Kier molecular flexibility index (Phi) is 3.19. The largest absolute Gasteiger partial charge is 0.367 e. The molecule has 2 N–H and O–H groups in total. The summed E-state index contributed by atoms with van der Waals surface area (Å²) in [5.41, 5.74) is 9.52. The molecule has 4 heterocycles. The van der Waals surface area contributed by atoms with Crippen LogP contribution >= 0.6 is 0 Å². The van der Waals surface area contributed by atoms with Gasteiger partial charge in [-0.05, 0) is 31.9 Å². The molecular weight excluding hydrogens is 319 g/mol. The Labute approximate surface area is 146 Å². The van der Waals surface area contributed by atoms with Crippen molar-refractivity contribution >= 4 is 22.9 Å². The molecular formula is C18H21FN6. The molecule has 1 aliphatic rings. The molecule has 0 spiro atoms. The lowest BCUT2D eigenvalue weighted by molar-refractivity contribution is 0.446. The lowest BCUT2D eigenvalue weighted by Gasteiger charge is -2.29. The number of hydrogen-bond acceptors (Lipinski definition) is 5. The van der Waals surface area contributed by atoms with Crippen LogP contribution in [0.2, 0.25) is 0 Å². The number of nitrogens with zero attached hydrogens (tertiary/aromatic N) is 5. The highest BCUT2D eigenvalue weighted by Gasteiger charge is 2.41. The molecule has 3 aromatic rings. The zero-order chi connectivity index (χ0) is 17.9. The first-order valence-electron chi connectivity index (χ1n) is 8.19. The van der Waals surface area contributed by atoms with Crippen molar-refractivity contribution in [3.05, 3.63) is 36.0 Å². The summed E-state index contributed by atoms with van der Waals surface area (Å²) < 4.78 is 16.0. The van der Waals surface area contributed by atoms with E-state index in [-0.39, 0.29) is 12.8 Å². The van der Waals surface area contributed by atoms with E-state index in [0.717, 1.165) is 17.1 Å². The van der Waals surface area contributed by atoms with E-state index in [1.165, 1.54) is 16.9 Å². The van der Waals surface area contributed by atoms with Crippen LogP contribution in [0.1, 0.15) is 34.8 Å². The predicted octanol–water partition coefficient (Wildman–Crippen LogP) is 3.78. The predicted molar refractivity (Wildman–Crippen MR) is 97.7 cm³/mol. The molecule has 0 amide bonds. The van der Waals surface area contributed by atoms with E-state index in [4.69, 9.17) is 10.7 Å². The van der Waals surface area contributed by atoms with Gasteiger partial charge in [0.15, 0.2) is 5.82 Å². The molecule has 0 aromatic carbocycles. The van der Waals surface area contributed by atoms with E-state index in [0.29, 0.717) is 22.7 Å². The summed E-state index contributed by atoms with van der Waals surface area (Å²) in [5.74, 6) is 0.000572. The van der Waals surface area contributed by atoms with E-state index in [1.54, 1.807) is 6.07 Å². The third-order valence-electron chi connectivity index (χ3n) is 5.32. The van der Waals surface area contributed by atoms with Crippen LogP contribution in [0, 0.1) is 11.7 Å². The van der Waals surface area contributed by atoms with Gasteiger partial charge in [-0.3, -0.25) is 4.99 Å². The van der Waals surface area contributed by atoms with Crippen LogP contribution in [-0.2, 0) is 5.41 Å². The molecule has 25 heavy (non-hydrogen) atoms. The van der Waals surface area contributed by atoms with Crippen molar-refractivity contribution in [1.29, 1.82) is 0 Å². The van der Waals surface area contributed by atoms with Gasteiger partial charge >= 0.3 is 0 Å². The van der Waals surface area contributed by atoms with Gasteiger partial charge in [-0.2, -0.15) is 0 Å². The third kappa shape index (κ3) is 2.08. The molecule has 0 saturated heterocycles. The Hall–Kier alpha value is -2.83. The van der Waals surface area contributed by atoms with Gasteiger partial charge in [-0.25, -0.2) is 18.9 Å². The highest BCUT2D eigenvalue weighted by Crippen LogP contribution is 2.44. The van der Waals surface area contributed by atoms with Gasteiger partial charge in [0, 0.05) is 7.14 Å². The highest BCUT2D eigenvalue weighted by molar-refractivity contribution is 5.99. The first kappa shape index (κ1) is 15.7. The molecule has 0 radical (unpaired) electrons. The van der Waals surface area contributed by atoms with Crippen molar-refractivity contribution in [2.75, 3.05) is 5.73 Å². The maximum Gasteiger partial charge on any atom is 0.238 e. The van der Waals surface area contributed by atoms with Crippen LogP contribution in [0.15, 0.2) is 29.5 Å². The molecule has 0 bridgehead atoms. The summed E-state index contributed by atoms with van der Waals surface area (Å²) >= 11 is 0. The highest BCUT2D eigenvalue weighted by atomic mass is 19.1. The molecule has 4 rings (SSSR count). The van der Waals surface area contributed by atoms with E-state index < -0.39 is 5.82 Å². The van der Waals surface area contributed by atoms with Crippen LogP contribution < -0.4 is 5.73 Å². The maximum atomic E-state index is 14.6. The number of nitrogen functional groups attached to an aromatic ring is 1. The normalized spacial score (nSPS) is 19.5. The molecule has 1 atom stereocenters. The topological polar surface area (TPSA) is 81.5 Å². The molecule has 1 unspecified atom stereocenters. The lowest BCUT2D eigenvalue weighted by atomic mass is 9.73. The minimum Gasteiger partial charge on any atom is -0.367 e. The number of rotatable bonds is 2. The molecule has 1 aliphatic heterocycles. The Bertz CT molecular complexity index is 1040. The quantitative estimate of drug-likeness (QED) is 0.770. The summed E-state index contributed by atoms with van der Waals surface area (Å²) in [7, 11) is 0. The Morgan fingerprint density at radius 2 is 2.08 bits per heavy atom. The number of anilines is 1. The molecule has 0 aliphatic carbocycles. The second kappa shape index (κ2) is 5.08. The molecule has 130 valence electrons. The number of aliphatic imine (C=N–C) groups is 1. The number of hydrogen-bond donors (Lipinski definition) is 1. The van der Waals surface area contributed by atoms with Crippen LogP contribution in [0.25, 0.3) is 16.8 Å². The fourth-order valence-corrected chi connectivity index (χ4v) is 3.42. The van der Waals surface area contributed by atoms with Crippen LogP contribution in [0.5, 0.6) is 0 Å². The van der Waals surface area contributed by atoms with Gasteiger partial charge in [-0.15, -0.1) is 5.10 Å². The first-order valence-corrected chi connectivity index (χ1v) is 8.19. The second-order valence-electron chi connectivity index (χ2n) is 6.92. The zero-order valence-electron chi connectivity index (χ0n) is 14.6. The van der Waals surface area contributed by atoms with Crippen molar-refractivity contribution < 1.29 is 5.82 Å². The molecule has 0 saturated carbocycles. The summed E-state index contributed by atoms with van der Waals surface area (Å²) in [5, 5.41) is 4.02. The second-order valence-corrected chi connectivity index (χ2v) is 6.92. The van der Waals surface area contributed by atoms with Crippen molar-refractivity contribution in [3.8, 4) is 11.3 Å². The standard InChI is InChI=1S/C18H19FN6.H2/c1-9(2)18(4)10(3)22-13-6-5-12(23-16(13)18)15-11(19)8-25-14(15)7-21-17(20)24-25;/h5-9H,1-4H3,(H2,20,24);1H. The number of halogens is 1. The van der Waals surface area contributed by atoms with Gasteiger partial charge in [0.25, 0.3) is 0 Å². The average molecular weight is 340 g/mol. The van der Waals surface area contributed by atoms with Crippen molar-refractivity contribution in [3.63, 3.8) is 0 Å². The molecule has 3 aromatic heterocycles. The van der Waals surface area contributed by atoms with Crippen LogP contribution in [0.3, 0.4) is 0 Å². The Morgan fingerprint density at radius 3 is 2.80 bits per heavy atom. The monoisotopic (exact) mass is 340 g/mol. The lowest BCUT2D eigenvalue weighted by Crippen LogP contribution is -2.34. The summed E-state index contributed by atoms with van der Waals surface area (Å²) in [6.07, 6.45) is 2.81. The van der Waals surface area contributed by atoms with Crippen molar-refractivity contribution in [1.82, 2.24) is 19.6 Å². The number of aromatic nitrogens is 4. The van der Waals surface area contributed by atoms with E-state index in [1.807, 2.05) is 13.0 Å². The maximum absolute atomic E-state index is 14.6. The molecule has 6 nitrogen and oxygen atoms in total. The first-order chi connectivity index (χ1) is 11.8. The Balaban J connectivity index is 0.00000196. The fourth-order valence-electron chi connectivity index (χ4n) is 3.42. The van der Waals surface area contributed by atoms with Crippen molar-refractivity contribution in [2.24, 2.45) is 10.9 Å². The van der Waals surface area contributed by atoms with Gasteiger partial charge < -0.3 is 5.73 Å². The van der Waals surface area contributed by atoms with E-state index >= 15 is 0 Å². The molecule has 0 fully saturated rings. The SMILES string of the molecule is CC1=Nc2ccc(-c3c(F)cn4nc(N)ncc34)nc2C1(C)C(C)C.[HH]. The summed E-state index contributed by atoms with van der Waals surface area (Å²) in [4.78, 5) is 13.4. The van der Waals surface area contributed by atoms with Crippen molar-refractivity contribution in [2.45, 2.75) is 33.1 Å². The number of nitrogens with two attached hydrogens (primary N) is 1. The smallest absolute Gasteiger partial charge is 0.238 e. The summed E-state index contributed by atoms with van der Waals surface area (Å²) in [6.45, 7) is 8.45. The van der Waals surface area contributed by atoms with Crippen LogP contribution in [0.4, 0.5) is 16.0 Å². The van der Waals surface area contributed by atoms with E-state index in [2.05, 4.69) is 35.8 Å².